The molecule has 5 nitrogen and oxygen atoms in total. The monoisotopic (exact) mass is 329 g/mol. The number of aromatic nitrogens is 1. The lowest BCUT2D eigenvalue weighted by atomic mass is 10.1. The average molecular weight is 329 g/mol. The van der Waals surface area contributed by atoms with Crippen molar-refractivity contribution in [2.24, 2.45) is 5.92 Å². The van der Waals surface area contributed by atoms with Crippen molar-refractivity contribution >= 4 is 10.0 Å². The highest BCUT2D eigenvalue weighted by Crippen LogP contribution is 2.32. The molecule has 0 radical (unpaired) electrons. The van der Waals surface area contributed by atoms with Gasteiger partial charge in [0.2, 0.25) is 10.0 Å². The van der Waals surface area contributed by atoms with Gasteiger partial charge in [-0.15, -0.1) is 0 Å². The number of hydrogen-bond acceptors (Lipinski definition) is 4. The molecular formula is C17H19N3O2S. The zero-order valence-electron chi connectivity index (χ0n) is 12.7. The van der Waals surface area contributed by atoms with Gasteiger partial charge >= 0.3 is 0 Å². The third-order valence-corrected chi connectivity index (χ3v) is 6.79. The molecule has 2 aliphatic rings. The van der Waals surface area contributed by atoms with Crippen LogP contribution >= 0.6 is 0 Å². The Balaban J connectivity index is 1.62. The quantitative estimate of drug-likeness (QED) is 0.931. The zero-order chi connectivity index (χ0) is 15.9. The predicted molar refractivity (Wildman–Crippen MR) is 88.3 cm³/mol. The largest absolute Gasteiger partial charge is 0.315 e. The molecule has 0 spiro atoms. The van der Waals surface area contributed by atoms with Crippen LogP contribution in [0.15, 0.2) is 53.7 Å². The van der Waals surface area contributed by atoms with E-state index in [1.165, 1.54) is 0 Å². The Hall–Kier alpha value is -1.76. The van der Waals surface area contributed by atoms with E-state index >= 15 is 0 Å². The standard InChI is InChI=1S/C17H19N3O2S/c21-23(22,20-9-7-15-11-19-12-17(15)20)16-5-3-13(4-6-16)14-2-1-8-18-10-14/h1-6,8,10,15,17,19H,7,9,11-12H2/t15-,17+/m1/s1. The lowest BCUT2D eigenvalue weighted by molar-refractivity contribution is 0.383. The second-order valence-electron chi connectivity index (χ2n) is 6.16. The van der Waals surface area contributed by atoms with Gasteiger partial charge in [-0.05, 0) is 48.2 Å². The van der Waals surface area contributed by atoms with E-state index in [1.807, 2.05) is 24.3 Å². The van der Waals surface area contributed by atoms with E-state index in [0.29, 0.717) is 17.4 Å². The summed E-state index contributed by atoms with van der Waals surface area (Å²) in [6, 6.07) is 11.1. The van der Waals surface area contributed by atoms with Gasteiger partial charge in [-0.3, -0.25) is 4.98 Å². The Kier molecular flexibility index (Phi) is 3.67. The first-order valence-corrected chi connectivity index (χ1v) is 9.33. The van der Waals surface area contributed by atoms with E-state index in [-0.39, 0.29) is 6.04 Å². The van der Waals surface area contributed by atoms with Crippen molar-refractivity contribution in [3.05, 3.63) is 48.8 Å². The molecule has 2 fully saturated rings. The molecule has 3 heterocycles. The number of hydrogen-bond donors (Lipinski definition) is 1. The van der Waals surface area contributed by atoms with Crippen molar-refractivity contribution in [1.82, 2.24) is 14.6 Å². The first kappa shape index (κ1) is 14.8. The van der Waals surface area contributed by atoms with Crippen molar-refractivity contribution in [2.45, 2.75) is 17.4 Å². The predicted octanol–water partition coefficient (Wildman–Crippen LogP) is 1.73. The summed E-state index contributed by atoms with van der Waals surface area (Å²) in [7, 11) is -3.41. The van der Waals surface area contributed by atoms with Crippen LogP contribution in [0.2, 0.25) is 0 Å². The summed E-state index contributed by atoms with van der Waals surface area (Å²) in [6.07, 6.45) is 4.45. The van der Waals surface area contributed by atoms with Gasteiger partial charge in [-0.25, -0.2) is 8.42 Å². The Labute approximate surface area is 136 Å². The fourth-order valence-corrected chi connectivity index (χ4v) is 5.30. The molecule has 120 valence electrons. The second kappa shape index (κ2) is 5.70. The summed E-state index contributed by atoms with van der Waals surface area (Å²) in [5, 5.41) is 3.30. The summed E-state index contributed by atoms with van der Waals surface area (Å²) in [5.41, 5.74) is 1.96. The van der Waals surface area contributed by atoms with E-state index in [4.69, 9.17) is 0 Å². The molecule has 6 heteroatoms. The topological polar surface area (TPSA) is 62.3 Å². The van der Waals surface area contributed by atoms with Crippen LogP contribution in [0.3, 0.4) is 0 Å². The third-order valence-electron chi connectivity index (χ3n) is 4.85. The molecule has 1 aromatic carbocycles. The minimum Gasteiger partial charge on any atom is -0.315 e. The third kappa shape index (κ3) is 2.56. The van der Waals surface area contributed by atoms with E-state index in [0.717, 1.165) is 30.6 Å². The van der Waals surface area contributed by atoms with Crippen molar-refractivity contribution < 1.29 is 8.42 Å². The Bertz CT molecular complexity index is 790. The summed E-state index contributed by atoms with van der Waals surface area (Å²) in [6.45, 7) is 2.32. The van der Waals surface area contributed by atoms with Crippen LogP contribution in [0.25, 0.3) is 11.1 Å². The molecule has 2 aromatic rings. The number of sulfonamides is 1. The Morgan fingerprint density at radius 2 is 1.91 bits per heavy atom. The van der Waals surface area contributed by atoms with E-state index in [9.17, 15) is 8.42 Å². The van der Waals surface area contributed by atoms with Crippen molar-refractivity contribution in [1.29, 1.82) is 0 Å². The smallest absolute Gasteiger partial charge is 0.243 e. The zero-order valence-corrected chi connectivity index (χ0v) is 13.5. The SMILES string of the molecule is O=S(=O)(c1ccc(-c2cccnc2)cc1)N1CC[C@@H]2CNC[C@@H]21. The molecule has 0 saturated carbocycles. The first-order chi connectivity index (χ1) is 11.2. The van der Waals surface area contributed by atoms with Crippen LogP contribution in [0, 0.1) is 5.92 Å². The molecule has 1 N–H and O–H groups in total. The van der Waals surface area contributed by atoms with Crippen LogP contribution in [-0.4, -0.2) is 43.4 Å². The number of pyridine rings is 1. The number of fused-ring (bicyclic) bond motifs is 1. The maximum absolute atomic E-state index is 12.9. The summed E-state index contributed by atoms with van der Waals surface area (Å²) < 4.78 is 27.5. The maximum Gasteiger partial charge on any atom is 0.243 e. The molecule has 0 aliphatic carbocycles. The van der Waals surface area contributed by atoms with Crippen molar-refractivity contribution in [3.8, 4) is 11.1 Å². The van der Waals surface area contributed by atoms with Gasteiger partial charge in [0.1, 0.15) is 0 Å². The van der Waals surface area contributed by atoms with Gasteiger partial charge in [0.25, 0.3) is 0 Å². The molecule has 0 bridgehead atoms. The first-order valence-electron chi connectivity index (χ1n) is 7.89. The van der Waals surface area contributed by atoms with Crippen molar-refractivity contribution in [3.63, 3.8) is 0 Å². The minimum absolute atomic E-state index is 0.109. The summed E-state index contributed by atoms with van der Waals surface area (Å²) in [4.78, 5) is 4.47. The minimum atomic E-state index is -3.41. The van der Waals surface area contributed by atoms with Gasteiger partial charge in [-0.2, -0.15) is 4.31 Å². The molecule has 2 saturated heterocycles. The highest BCUT2D eigenvalue weighted by molar-refractivity contribution is 7.89. The second-order valence-corrected chi connectivity index (χ2v) is 8.05. The molecule has 2 aliphatic heterocycles. The fraction of sp³-hybridized carbons (Fsp3) is 0.353. The lowest BCUT2D eigenvalue weighted by Gasteiger charge is -2.22. The summed E-state index contributed by atoms with van der Waals surface area (Å²) in [5.74, 6) is 0.458. The van der Waals surface area contributed by atoms with Crippen LogP contribution in [0.4, 0.5) is 0 Å². The normalized spacial score (nSPS) is 24.7. The molecule has 1 aromatic heterocycles. The van der Waals surface area contributed by atoms with Gasteiger partial charge in [0.15, 0.2) is 0 Å². The van der Waals surface area contributed by atoms with Crippen LogP contribution < -0.4 is 5.32 Å². The van der Waals surface area contributed by atoms with Gasteiger partial charge in [0.05, 0.1) is 4.90 Å². The van der Waals surface area contributed by atoms with E-state index in [2.05, 4.69) is 10.3 Å². The molecular weight excluding hydrogens is 310 g/mol. The summed E-state index contributed by atoms with van der Waals surface area (Å²) >= 11 is 0. The Morgan fingerprint density at radius 3 is 2.65 bits per heavy atom. The molecule has 23 heavy (non-hydrogen) atoms. The number of rotatable bonds is 3. The van der Waals surface area contributed by atoms with Crippen molar-refractivity contribution in [2.75, 3.05) is 19.6 Å². The van der Waals surface area contributed by atoms with Crippen LogP contribution in [0.1, 0.15) is 6.42 Å². The number of nitrogens with one attached hydrogen (secondary N) is 1. The maximum atomic E-state index is 12.9. The van der Waals surface area contributed by atoms with Crippen LogP contribution in [0.5, 0.6) is 0 Å². The molecule has 4 rings (SSSR count). The Morgan fingerprint density at radius 1 is 1.09 bits per heavy atom. The van der Waals surface area contributed by atoms with Gasteiger partial charge < -0.3 is 5.32 Å². The average Bonchev–Trinajstić information content (AvgIpc) is 3.19. The van der Waals surface area contributed by atoms with Gasteiger partial charge in [-0.1, -0.05) is 18.2 Å². The fourth-order valence-electron chi connectivity index (χ4n) is 3.60. The molecule has 0 amide bonds. The highest BCUT2D eigenvalue weighted by atomic mass is 32.2. The number of benzene rings is 1. The van der Waals surface area contributed by atoms with Crippen LogP contribution in [-0.2, 0) is 10.0 Å². The van der Waals surface area contributed by atoms with E-state index in [1.54, 1.807) is 28.8 Å². The van der Waals surface area contributed by atoms with E-state index < -0.39 is 10.0 Å². The number of nitrogens with zero attached hydrogens (tertiary/aromatic N) is 2. The highest BCUT2D eigenvalue weighted by Gasteiger charge is 2.43. The molecule has 2 atom stereocenters. The lowest BCUT2D eigenvalue weighted by Crippen LogP contribution is -2.38. The van der Waals surface area contributed by atoms with Gasteiger partial charge in [0, 0.05) is 31.5 Å². The molecule has 0 unspecified atom stereocenters.